The predicted molar refractivity (Wildman–Crippen MR) is 70.3 cm³/mol. The second-order valence-electron chi connectivity index (χ2n) is 3.47. The summed E-state index contributed by atoms with van der Waals surface area (Å²) in [7, 11) is -3.28. The maximum Gasteiger partial charge on any atom is 0.229 e. The highest BCUT2D eigenvalue weighted by atomic mass is 32.2. The lowest BCUT2D eigenvalue weighted by molar-refractivity contribution is 0.607. The molecule has 0 aliphatic heterocycles. The smallest absolute Gasteiger partial charge is 0.229 e. The number of benzene rings is 1. The van der Waals surface area contributed by atoms with Crippen LogP contribution in [-0.4, -0.2) is 20.4 Å². The van der Waals surface area contributed by atoms with E-state index in [9.17, 15) is 8.42 Å². The maximum absolute atomic E-state index is 11.1. The van der Waals surface area contributed by atoms with Crippen molar-refractivity contribution in [3.8, 4) is 0 Å². The second kappa shape index (κ2) is 5.45. The van der Waals surface area contributed by atoms with Gasteiger partial charge in [0.1, 0.15) is 0 Å². The van der Waals surface area contributed by atoms with Crippen LogP contribution >= 0.6 is 11.8 Å². The number of nitrogens with one attached hydrogen (secondary N) is 1. The summed E-state index contributed by atoms with van der Waals surface area (Å²) >= 11 is 1.68. The molecule has 4 nitrogen and oxygen atoms in total. The molecule has 0 fully saturated rings. The molecule has 1 aromatic carbocycles. The van der Waals surface area contributed by atoms with Crippen molar-refractivity contribution in [2.24, 2.45) is 0 Å². The first kappa shape index (κ1) is 13.2. The standard InChI is InChI=1S/C10H16N2O2S2/c1-3-6-15-8-4-5-9(11)10(7-8)12-16(2,13)14/h4-5,7,12H,3,6,11H2,1-2H3. The summed E-state index contributed by atoms with van der Waals surface area (Å²) in [5.41, 5.74) is 6.57. The zero-order valence-corrected chi connectivity index (χ0v) is 11.0. The van der Waals surface area contributed by atoms with Crippen molar-refractivity contribution in [2.75, 3.05) is 22.5 Å². The molecule has 1 aromatic rings. The number of thioether (sulfide) groups is 1. The van der Waals surface area contributed by atoms with Crippen molar-refractivity contribution in [3.05, 3.63) is 18.2 Å². The van der Waals surface area contributed by atoms with Crippen LogP contribution in [0.25, 0.3) is 0 Å². The quantitative estimate of drug-likeness (QED) is 0.628. The summed E-state index contributed by atoms with van der Waals surface area (Å²) in [6.45, 7) is 2.10. The van der Waals surface area contributed by atoms with Crippen molar-refractivity contribution < 1.29 is 8.42 Å². The Morgan fingerprint density at radius 3 is 2.69 bits per heavy atom. The monoisotopic (exact) mass is 260 g/mol. The van der Waals surface area contributed by atoms with Crippen LogP contribution in [0.2, 0.25) is 0 Å². The van der Waals surface area contributed by atoms with E-state index < -0.39 is 10.0 Å². The SMILES string of the molecule is CCCSc1ccc(N)c(NS(C)(=O)=O)c1. The second-order valence-corrected chi connectivity index (χ2v) is 6.39. The third-order valence-electron chi connectivity index (χ3n) is 1.79. The molecule has 0 radical (unpaired) electrons. The Morgan fingerprint density at radius 1 is 1.44 bits per heavy atom. The van der Waals surface area contributed by atoms with Crippen molar-refractivity contribution in [1.82, 2.24) is 0 Å². The van der Waals surface area contributed by atoms with Crippen molar-refractivity contribution in [1.29, 1.82) is 0 Å². The third kappa shape index (κ3) is 4.32. The number of sulfonamides is 1. The topological polar surface area (TPSA) is 72.2 Å². The molecule has 1 rings (SSSR count). The molecule has 6 heteroatoms. The van der Waals surface area contributed by atoms with Gasteiger partial charge in [0.15, 0.2) is 0 Å². The number of nitrogen functional groups attached to an aromatic ring is 1. The van der Waals surface area contributed by atoms with E-state index in [0.717, 1.165) is 23.3 Å². The normalized spacial score (nSPS) is 11.4. The molecule has 0 aliphatic rings. The van der Waals surface area contributed by atoms with Crippen LogP contribution in [0.1, 0.15) is 13.3 Å². The van der Waals surface area contributed by atoms with Gasteiger partial charge < -0.3 is 5.73 Å². The van der Waals surface area contributed by atoms with Crippen LogP contribution in [0.3, 0.4) is 0 Å². The number of nitrogens with two attached hydrogens (primary N) is 1. The summed E-state index contributed by atoms with van der Waals surface area (Å²) in [5.74, 6) is 1.00. The molecule has 0 unspecified atom stereocenters. The Morgan fingerprint density at radius 2 is 2.12 bits per heavy atom. The van der Waals surface area contributed by atoms with Gasteiger partial charge in [0.2, 0.25) is 10.0 Å². The van der Waals surface area contributed by atoms with Crippen LogP contribution in [0, 0.1) is 0 Å². The molecule has 90 valence electrons. The number of hydrogen-bond acceptors (Lipinski definition) is 4. The first-order chi connectivity index (χ1) is 7.42. The summed E-state index contributed by atoms with van der Waals surface area (Å²) in [4.78, 5) is 1.02. The van der Waals surface area contributed by atoms with Crippen molar-refractivity contribution >= 4 is 33.2 Å². The molecule has 0 bridgehead atoms. The summed E-state index contributed by atoms with van der Waals surface area (Å²) in [6, 6.07) is 5.37. The zero-order chi connectivity index (χ0) is 12.2. The molecular formula is C10H16N2O2S2. The fraction of sp³-hybridized carbons (Fsp3) is 0.400. The highest BCUT2D eigenvalue weighted by molar-refractivity contribution is 7.99. The maximum atomic E-state index is 11.1. The van der Waals surface area contributed by atoms with Gasteiger partial charge in [-0.2, -0.15) is 0 Å². The van der Waals surface area contributed by atoms with Gasteiger partial charge in [-0.05, 0) is 30.4 Å². The molecule has 16 heavy (non-hydrogen) atoms. The van der Waals surface area contributed by atoms with Crippen LogP contribution in [0.5, 0.6) is 0 Å². The molecule has 3 N–H and O–H groups in total. The largest absolute Gasteiger partial charge is 0.397 e. The number of rotatable bonds is 5. The Bertz CT molecular complexity index is 458. The molecule has 0 aliphatic carbocycles. The van der Waals surface area contributed by atoms with Crippen LogP contribution in [-0.2, 0) is 10.0 Å². The van der Waals surface area contributed by atoms with Gasteiger partial charge in [-0.1, -0.05) is 6.92 Å². The van der Waals surface area contributed by atoms with Crippen LogP contribution in [0.15, 0.2) is 23.1 Å². The van der Waals surface area contributed by atoms with Crippen molar-refractivity contribution in [2.45, 2.75) is 18.2 Å². The average Bonchev–Trinajstić information content (AvgIpc) is 2.17. The molecule has 0 amide bonds. The summed E-state index contributed by atoms with van der Waals surface area (Å²) in [6.07, 6.45) is 2.18. The van der Waals surface area contributed by atoms with Gasteiger partial charge in [0.25, 0.3) is 0 Å². The Labute approximate surface area is 101 Å². The first-order valence-corrected chi connectivity index (χ1v) is 7.80. The zero-order valence-electron chi connectivity index (χ0n) is 9.36. The molecular weight excluding hydrogens is 244 g/mol. The van der Waals surface area contributed by atoms with Gasteiger partial charge >= 0.3 is 0 Å². The fourth-order valence-corrected chi connectivity index (χ4v) is 2.51. The van der Waals surface area contributed by atoms with E-state index in [4.69, 9.17) is 5.73 Å². The molecule has 0 aromatic heterocycles. The minimum Gasteiger partial charge on any atom is -0.397 e. The molecule has 0 saturated heterocycles. The molecule has 0 saturated carbocycles. The van der Waals surface area contributed by atoms with Gasteiger partial charge in [0, 0.05) is 4.90 Å². The van der Waals surface area contributed by atoms with Crippen LogP contribution < -0.4 is 10.5 Å². The van der Waals surface area contributed by atoms with Gasteiger partial charge in [0.05, 0.1) is 17.6 Å². The van der Waals surface area contributed by atoms with Gasteiger partial charge in [-0.3, -0.25) is 4.72 Å². The lowest BCUT2D eigenvalue weighted by Gasteiger charge is -2.09. The Hall–Kier alpha value is -0.880. The molecule has 0 heterocycles. The average molecular weight is 260 g/mol. The third-order valence-corrected chi connectivity index (χ3v) is 3.58. The fourth-order valence-electron chi connectivity index (χ4n) is 1.13. The van der Waals surface area contributed by atoms with Gasteiger partial charge in [-0.15, -0.1) is 11.8 Å². The Kier molecular flexibility index (Phi) is 4.49. The highest BCUT2D eigenvalue weighted by Crippen LogP contribution is 2.27. The van der Waals surface area contributed by atoms with Crippen LogP contribution in [0.4, 0.5) is 11.4 Å². The van der Waals surface area contributed by atoms with E-state index in [0.29, 0.717) is 11.4 Å². The van der Waals surface area contributed by atoms with E-state index in [1.54, 1.807) is 23.9 Å². The van der Waals surface area contributed by atoms with Gasteiger partial charge in [-0.25, -0.2) is 8.42 Å². The molecule has 0 spiro atoms. The molecule has 0 atom stereocenters. The number of anilines is 2. The minimum absolute atomic E-state index is 0.436. The van der Waals surface area contributed by atoms with E-state index in [1.165, 1.54) is 0 Å². The highest BCUT2D eigenvalue weighted by Gasteiger charge is 2.06. The Balaban J connectivity index is 2.90. The van der Waals surface area contributed by atoms with E-state index >= 15 is 0 Å². The summed E-state index contributed by atoms with van der Waals surface area (Å²) in [5, 5.41) is 0. The predicted octanol–water partition coefficient (Wildman–Crippen LogP) is 2.14. The minimum atomic E-state index is -3.28. The summed E-state index contributed by atoms with van der Waals surface area (Å²) < 4.78 is 24.6. The lowest BCUT2D eigenvalue weighted by Crippen LogP contribution is -2.11. The first-order valence-electron chi connectivity index (χ1n) is 4.92. The van der Waals surface area contributed by atoms with E-state index in [2.05, 4.69) is 11.6 Å². The van der Waals surface area contributed by atoms with E-state index in [1.807, 2.05) is 6.07 Å². The van der Waals surface area contributed by atoms with Crippen molar-refractivity contribution in [3.63, 3.8) is 0 Å². The van der Waals surface area contributed by atoms with E-state index in [-0.39, 0.29) is 0 Å². The number of hydrogen-bond donors (Lipinski definition) is 2. The lowest BCUT2D eigenvalue weighted by atomic mass is 10.3.